The van der Waals surface area contributed by atoms with E-state index in [1.165, 1.54) is 18.7 Å². The van der Waals surface area contributed by atoms with Crippen LogP contribution >= 0.6 is 11.8 Å². The van der Waals surface area contributed by atoms with Crippen molar-refractivity contribution in [2.24, 2.45) is 0 Å². The molecular formula is C8H11F5S. The molecule has 0 N–H and O–H groups in total. The minimum atomic E-state index is -5.49. The fourth-order valence-electron chi connectivity index (χ4n) is 0.861. The van der Waals surface area contributed by atoms with Crippen LogP contribution in [-0.4, -0.2) is 24.1 Å². The van der Waals surface area contributed by atoms with Gasteiger partial charge in [-0.15, -0.1) is 0 Å². The summed E-state index contributed by atoms with van der Waals surface area (Å²) in [5.74, 6) is -4.54. The molecule has 0 saturated heterocycles. The van der Waals surface area contributed by atoms with E-state index < -0.39 is 17.7 Å². The normalized spacial score (nSPS) is 14.6. The van der Waals surface area contributed by atoms with E-state index >= 15 is 0 Å². The van der Waals surface area contributed by atoms with Crippen molar-refractivity contribution in [2.45, 2.75) is 25.4 Å². The van der Waals surface area contributed by atoms with Gasteiger partial charge < -0.3 is 0 Å². The van der Waals surface area contributed by atoms with Crippen LogP contribution in [0.1, 0.15) is 13.3 Å². The van der Waals surface area contributed by atoms with Crippen LogP contribution < -0.4 is 0 Å². The molecule has 0 rings (SSSR count). The minimum Gasteiger partial charge on any atom is -0.191 e. The molecule has 6 heteroatoms. The summed E-state index contributed by atoms with van der Waals surface area (Å²) in [5.41, 5.74) is -0.862. The Balaban J connectivity index is 4.84. The van der Waals surface area contributed by atoms with E-state index in [1.54, 1.807) is 6.26 Å². The van der Waals surface area contributed by atoms with Crippen LogP contribution in [0.5, 0.6) is 0 Å². The lowest BCUT2D eigenvalue weighted by atomic mass is 10.1. The highest BCUT2D eigenvalue weighted by molar-refractivity contribution is 7.98. The van der Waals surface area contributed by atoms with E-state index in [0.29, 0.717) is 0 Å². The fraction of sp³-hybridized carbons (Fsp3) is 0.750. The lowest BCUT2D eigenvalue weighted by Crippen LogP contribution is -2.38. The number of halogens is 5. The third-order valence-electron chi connectivity index (χ3n) is 1.64. The van der Waals surface area contributed by atoms with Crippen LogP contribution in [-0.2, 0) is 0 Å². The summed E-state index contributed by atoms with van der Waals surface area (Å²) in [6.07, 6.45) is -3.21. The molecule has 0 heterocycles. The van der Waals surface area contributed by atoms with Crippen LogP contribution in [0.3, 0.4) is 0 Å². The molecule has 14 heavy (non-hydrogen) atoms. The number of hydrogen-bond donors (Lipinski definition) is 0. The predicted molar refractivity (Wildman–Crippen MR) is 47.8 cm³/mol. The van der Waals surface area contributed by atoms with Crippen molar-refractivity contribution in [3.63, 3.8) is 0 Å². The molecule has 0 unspecified atom stereocenters. The zero-order valence-corrected chi connectivity index (χ0v) is 8.61. The summed E-state index contributed by atoms with van der Waals surface area (Å²) in [4.78, 5) is 0. The van der Waals surface area contributed by atoms with Crippen molar-refractivity contribution in [3.8, 4) is 0 Å². The second-order valence-electron chi connectivity index (χ2n) is 2.61. The first kappa shape index (κ1) is 13.7. The maximum absolute atomic E-state index is 12.7. The zero-order valence-electron chi connectivity index (χ0n) is 7.79. The van der Waals surface area contributed by atoms with E-state index in [2.05, 4.69) is 0 Å². The van der Waals surface area contributed by atoms with Crippen LogP contribution in [0, 0.1) is 0 Å². The van der Waals surface area contributed by atoms with E-state index in [4.69, 9.17) is 0 Å². The van der Waals surface area contributed by atoms with Gasteiger partial charge in [-0.1, -0.05) is 13.0 Å². The molecule has 0 aliphatic heterocycles. The van der Waals surface area contributed by atoms with Gasteiger partial charge in [0.25, 0.3) is 0 Å². The zero-order chi connectivity index (χ0) is 11.4. The minimum absolute atomic E-state index is 0.162. The summed E-state index contributed by atoms with van der Waals surface area (Å²) in [6, 6.07) is 0. The van der Waals surface area contributed by atoms with Crippen molar-refractivity contribution in [1.29, 1.82) is 0 Å². The second-order valence-corrected chi connectivity index (χ2v) is 3.52. The molecule has 0 bridgehead atoms. The molecule has 84 valence electrons. The molecule has 0 aromatic carbocycles. The van der Waals surface area contributed by atoms with Crippen molar-refractivity contribution < 1.29 is 22.0 Å². The highest BCUT2D eigenvalue weighted by Crippen LogP contribution is 2.42. The van der Waals surface area contributed by atoms with Crippen LogP contribution in [0.15, 0.2) is 11.6 Å². The van der Waals surface area contributed by atoms with Crippen molar-refractivity contribution in [3.05, 3.63) is 11.6 Å². The van der Waals surface area contributed by atoms with Gasteiger partial charge in [0.1, 0.15) is 0 Å². The maximum atomic E-state index is 12.7. The molecule has 0 radical (unpaired) electrons. The third-order valence-corrected chi connectivity index (χ3v) is 2.14. The first-order chi connectivity index (χ1) is 6.27. The van der Waals surface area contributed by atoms with E-state index in [0.717, 1.165) is 6.08 Å². The largest absolute Gasteiger partial charge is 0.457 e. The van der Waals surface area contributed by atoms with Gasteiger partial charge in [-0.2, -0.15) is 33.7 Å². The highest BCUT2D eigenvalue weighted by atomic mass is 32.2. The van der Waals surface area contributed by atoms with Gasteiger partial charge in [-0.3, -0.25) is 0 Å². The van der Waals surface area contributed by atoms with Crippen LogP contribution in [0.25, 0.3) is 0 Å². The molecule has 0 aromatic heterocycles. The first-order valence-electron chi connectivity index (χ1n) is 3.90. The average Bonchev–Trinajstić information content (AvgIpc) is 2.03. The van der Waals surface area contributed by atoms with Gasteiger partial charge in [0.15, 0.2) is 0 Å². The summed E-state index contributed by atoms with van der Waals surface area (Å²) in [5, 5.41) is 0. The molecular weight excluding hydrogens is 223 g/mol. The molecule has 0 aliphatic rings. The lowest BCUT2D eigenvalue weighted by molar-refractivity contribution is -0.265. The highest BCUT2D eigenvalue weighted by Gasteiger charge is 2.59. The van der Waals surface area contributed by atoms with Crippen LogP contribution in [0.2, 0.25) is 0 Å². The number of alkyl halides is 5. The average molecular weight is 234 g/mol. The quantitative estimate of drug-likeness (QED) is 0.525. The Morgan fingerprint density at radius 3 is 2.00 bits per heavy atom. The molecule has 0 aromatic rings. The molecule has 0 fully saturated rings. The van der Waals surface area contributed by atoms with Gasteiger partial charge in [0, 0.05) is 11.3 Å². The Labute approximate surface area is 83.6 Å². The SMILES string of the molecule is CCC(=CCSC)C(F)(F)C(F)(F)F. The van der Waals surface area contributed by atoms with Gasteiger partial charge >= 0.3 is 12.1 Å². The summed E-state index contributed by atoms with van der Waals surface area (Å²) >= 11 is 1.19. The maximum Gasteiger partial charge on any atom is 0.457 e. The Kier molecular flexibility index (Phi) is 4.91. The molecule has 0 aliphatic carbocycles. The second kappa shape index (κ2) is 5.00. The Morgan fingerprint density at radius 2 is 1.71 bits per heavy atom. The Morgan fingerprint density at radius 1 is 1.21 bits per heavy atom. The summed E-state index contributed by atoms with van der Waals surface area (Å²) in [6.45, 7) is 1.28. The van der Waals surface area contributed by atoms with E-state index in [1.807, 2.05) is 0 Å². The third kappa shape index (κ3) is 3.15. The number of allylic oxidation sites excluding steroid dienone is 1. The van der Waals surface area contributed by atoms with Crippen molar-refractivity contribution in [2.75, 3.05) is 12.0 Å². The monoisotopic (exact) mass is 234 g/mol. The van der Waals surface area contributed by atoms with Crippen molar-refractivity contribution in [1.82, 2.24) is 0 Å². The molecule has 0 spiro atoms. The topological polar surface area (TPSA) is 0 Å². The Hall–Kier alpha value is -0.260. The summed E-state index contributed by atoms with van der Waals surface area (Å²) in [7, 11) is 0. The molecule has 0 saturated carbocycles. The standard InChI is InChI=1S/C8H11F5S/c1-3-6(4-5-14-2)7(9,10)8(11,12)13/h4H,3,5H2,1-2H3. The molecule has 0 nitrogen and oxygen atoms in total. The number of thioether (sulfide) groups is 1. The smallest absolute Gasteiger partial charge is 0.191 e. The van der Waals surface area contributed by atoms with Gasteiger partial charge in [-0.05, 0) is 12.7 Å². The number of rotatable bonds is 4. The number of hydrogen-bond acceptors (Lipinski definition) is 1. The van der Waals surface area contributed by atoms with Crippen LogP contribution in [0.4, 0.5) is 22.0 Å². The van der Waals surface area contributed by atoms with E-state index in [9.17, 15) is 22.0 Å². The Bertz CT molecular complexity index is 206. The van der Waals surface area contributed by atoms with E-state index in [-0.39, 0.29) is 12.2 Å². The fourth-order valence-corrected chi connectivity index (χ4v) is 1.23. The van der Waals surface area contributed by atoms with Crippen molar-refractivity contribution >= 4 is 11.8 Å². The molecule has 0 atom stereocenters. The van der Waals surface area contributed by atoms with Gasteiger partial charge in [0.05, 0.1) is 0 Å². The first-order valence-corrected chi connectivity index (χ1v) is 5.29. The summed E-state index contributed by atoms with van der Waals surface area (Å²) < 4.78 is 61.1. The van der Waals surface area contributed by atoms with Gasteiger partial charge in [-0.25, -0.2) is 0 Å². The lowest BCUT2D eigenvalue weighted by Gasteiger charge is -2.21. The predicted octanol–water partition coefficient (Wildman–Crippen LogP) is 3.88. The van der Waals surface area contributed by atoms with Gasteiger partial charge in [0.2, 0.25) is 0 Å². The molecule has 0 amide bonds.